The molecule has 0 aliphatic heterocycles. The predicted molar refractivity (Wildman–Crippen MR) is 77.6 cm³/mol. The Kier molecular flexibility index (Phi) is 4.79. The molecule has 0 amide bonds. The number of methoxy groups -OCH3 is 2. The summed E-state index contributed by atoms with van der Waals surface area (Å²) in [6.07, 6.45) is 0.843. The zero-order valence-corrected chi connectivity index (χ0v) is 11.9. The Labute approximate surface area is 117 Å². The van der Waals surface area contributed by atoms with Crippen molar-refractivity contribution in [3.8, 4) is 11.5 Å². The largest absolute Gasteiger partial charge is 0.493 e. The number of hydrazine groups is 1. The number of hydrogen-bond acceptors (Lipinski definition) is 5. The molecule has 0 radical (unpaired) electrons. The van der Waals surface area contributed by atoms with Crippen LogP contribution >= 0.6 is 11.3 Å². The van der Waals surface area contributed by atoms with Gasteiger partial charge in [-0.3, -0.25) is 11.3 Å². The molecule has 0 saturated heterocycles. The van der Waals surface area contributed by atoms with Crippen molar-refractivity contribution in [1.29, 1.82) is 0 Å². The summed E-state index contributed by atoms with van der Waals surface area (Å²) in [5.41, 5.74) is 5.20. The van der Waals surface area contributed by atoms with Crippen LogP contribution in [-0.2, 0) is 6.42 Å². The third-order valence-corrected chi connectivity index (χ3v) is 3.76. The van der Waals surface area contributed by atoms with Crippen LogP contribution in [0.1, 0.15) is 17.2 Å². The minimum atomic E-state index is 0.0504. The highest BCUT2D eigenvalue weighted by molar-refractivity contribution is 7.07. The van der Waals surface area contributed by atoms with E-state index in [2.05, 4.69) is 22.3 Å². The summed E-state index contributed by atoms with van der Waals surface area (Å²) in [4.78, 5) is 0. The van der Waals surface area contributed by atoms with Crippen molar-refractivity contribution < 1.29 is 9.47 Å². The summed E-state index contributed by atoms with van der Waals surface area (Å²) < 4.78 is 10.6. The highest BCUT2D eigenvalue weighted by Crippen LogP contribution is 2.30. The normalized spacial score (nSPS) is 12.2. The second-order valence-electron chi connectivity index (χ2n) is 4.17. The lowest BCUT2D eigenvalue weighted by atomic mass is 10.0. The molecule has 0 aliphatic carbocycles. The first-order valence-corrected chi connectivity index (χ1v) is 6.92. The van der Waals surface area contributed by atoms with Gasteiger partial charge in [-0.2, -0.15) is 11.3 Å². The lowest BCUT2D eigenvalue weighted by Crippen LogP contribution is -2.29. The van der Waals surface area contributed by atoms with Gasteiger partial charge in [0, 0.05) is 0 Å². The van der Waals surface area contributed by atoms with Crippen molar-refractivity contribution in [1.82, 2.24) is 5.43 Å². The number of thiophene rings is 1. The molecular weight excluding hydrogens is 260 g/mol. The number of benzene rings is 1. The van der Waals surface area contributed by atoms with E-state index < -0.39 is 0 Å². The first kappa shape index (κ1) is 13.9. The second kappa shape index (κ2) is 6.56. The summed E-state index contributed by atoms with van der Waals surface area (Å²) in [6, 6.07) is 8.00. The SMILES string of the molecule is COc1ccc(C(Cc2ccsc2)NN)cc1OC. The zero-order valence-electron chi connectivity index (χ0n) is 11.1. The van der Waals surface area contributed by atoms with E-state index in [1.54, 1.807) is 25.6 Å². The third kappa shape index (κ3) is 3.26. The number of hydrogen-bond donors (Lipinski definition) is 2. The lowest BCUT2D eigenvalue weighted by molar-refractivity contribution is 0.354. The van der Waals surface area contributed by atoms with Gasteiger partial charge in [0.25, 0.3) is 0 Å². The van der Waals surface area contributed by atoms with E-state index in [0.717, 1.165) is 17.7 Å². The molecule has 3 N–H and O–H groups in total. The number of nitrogens with one attached hydrogen (secondary N) is 1. The average Bonchev–Trinajstić information content (AvgIpc) is 2.97. The van der Waals surface area contributed by atoms with Crippen LogP contribution in [-0.4, -0.2) is 14.2 Å². The fraction of sp³-hybridized carbons (Fsp3) is 0.286. The van der Waals surface area contributed by atoms with Gasteiger partial charge in [-0.1, -0.05) is 6.07 Å². The van der Waals surface area contributed by atoms with Crippen molar-refractivity contribution in [2.24, 2.45) is 5.84 Å². The molecular formula is C14H18N2O2S. The maximum Gasteiger partial charge on any atom is 0.161 e. The van der Waals surface area contributed by atoms with Crippen molar-refractivity contribution in [3.05, 3.63) is 46.2 Å². The van der Waals surface area contributed by atoms with Gasteiger partial charge in [0.05, 0.1) is 20.3 Å². The molecule has 0 fully saturated rings. The maximum absolute atomic E-state index is 5.66. The van der Waals surface area contributed by atoms with Gasteiger partial charge in [-0.15, -0.1) is 0 Å². The molecule has 1 aromatic carbocycles. The molecule has 102 valence electrons. The molecule has 0 bridgehead atoms. The summed E-state index contributed by atoms with van der Waals surface area (Å²) in [6.45, 7) is 0. The van der Waals surface area contributed by atoms with Gasteiger partial charge < -0.3 is 9.47 Å². The number of nitrogens with two attached hydrogens (primary N) is 1. The van der Waals surface area contributed by atoms with E-state index in [9.17, 15) is 0 Å². The Balaban J connectivity index is 2.23. The van der Waals surface area contributed by atoms with Crippen LogP contribution in [0, 0.1) is 0 Å². The van der Waals surface area contributed by atoms with Crippen molar-refractivity contribution in [2.75, 3.05) is 14.2 Å². The van der Waals surface area contributed by atoms with Gasteiger partial charge >= 0.3 is 0 Å². The Morgan fingerprint density at radius 3 is 2.58 bits per heavy atom. The molecule has 2 aromatic rings. The lowest BCUT2D eigenvalue weighted by Gasteiger charge is -2.17. The average molecular weight is 278 g/mol. The molecule has 19 heavy (non-hydrogen) atoms. The Morgan fingerprint density at radius 1 is 1.21 bits per heavy atom. The third-order valence-electron chi connectivity index (χ3n) is 3.03. The van der Waals surface area contributed by atoms with Crippen LogP contribution in [0.4, 0.5) is 0 Å². The van der Waals surface area contributed by atoms with E-state index in [-0.39, 0.29) is 6.04 Å². The van der Waals surface area contributed by atoms with Crippen LogP contribution < -0.4 is 20.7 Å². The van der Waals surface area contributed by atoms with E-state index in [0.29, 0.717) is 5.75 Å². The van der Waals surface area contributed by atoms with Crippen LogP contribution in [0.2, 0.25) is 0 Å². The molecule has 1 heterocycles. The fourth-order valence-corrected chi connectivity index (χ4v) is 2.67. The highest BCUT2D eigenvalue weighted by atomic mass is 32.1. The standard InChI is InChI=1S/C14H18N2O2S/c1-17-13-4-3-11(8-14(13)18-2)12(16-15)7-10-5-6-19-9-10/h3-6,8-9,12,16H,7,15H2,1-2H3. The monoisotopic (exact) mass is 278 g/mol. The predicted octanol–water partition coefficient (Wildman–Crippen LogP) is 2.51. The fourth-order valence-electron chi connectivity index (χ4n) is 1.99. The zero-order chi connectivity index (χ0) is 13.7. The first-order valence-electron chi connectivity index (χ1n) is 5.97. The van der Waals surface area contributed by atoms with Gasteiger partial charge in [-0.25, -0.2) is 0 Å². The minimum Gasteiger partial charge on any atom is -0.493 e. The molecule has 4 nitrogen and oxygen atoms in total. The summed E-state index contributed by atoms with van der Waals surface area (Å²) in [5.74, 6) is 7.10. The van der Waals surface area contributed by atoms with Gasteiger partial charge in [0.15, 0.2) is 11.5 Å². The van der Waals surface area contributed by atoms with Crippen LogP contribution in [0.3, 0.4) is 0 Å². The van der Waals surface area contributed by atoms with Crippen molar-refractivity contribution in [3.63, 3.8) is 0 Å². The van der Waals surface area contributed by atoms with Crippen molar-refractivity contribution >= 4 is 11.3 Å². The van der Waals surface area contributed by atoms with Crippen LogP contribution in [0.25, 0.3) is 0 Å². The molecule has 0 spiro atoms. The van der Waals surface area contributed by atoms with Crippen LogP contribution in [0.15, 0.2) is 35.0 Å². The van der Waals surface area contributed by atoms with E-state index in [4.69, 9.17) is 15.3 Å². The van der Waals surface area contributed by atoms with E-state index >= 15 is 0 Å². The molecule has 1 aromatic heterocycles. The minimum absolute atomic E-state index is 0.0504. The molecule has 2 rings (SSSR count). The molecule has 0 saturated carbocycles. The summed E-state index contributed by atoms with van der Waals surface area (Å²) in [5, 5.41) is 4.20. The Bertz CT molecular complexity index is 514. The summed E-state index contributed by atoms with van der Waals surface area (Å²) >= 11 is 1.69. The molecule has 1 atom stereocenters. The van der Waals surface area contributed by atoms with Gasteiger partial charge in [0.1, 0.15) is 0 Å². The first-order chi connectivity index (χ1) is 9.28. The Hall–Kier alpha value is -1.56. The number of rotatable bonds is 6. The number of ether oxygens (including phenoxy) is 2. The second-order valence-corrected chi connectivity index (χ2v) is 4.95. The van der Waals surface area contributed by atoms with E-state index in [1.165, 1.54) is 5.56 Å². The topological polar surface area (TPSA) is 56.5 Å². The van der Waals surface area contributed by atoms with Crippen molar-refractivity contribution in [2.45, 2.75) is 12.5 Å². The maximum atomic E-state index is 5.66. The van der Waals surface area contributed by atoms with Crippen LogP contribution in [0.5, 0.6) is 11.5 Å². The molecule has 5 heteroatoms. The molecule has 0 aliphatic rings. The van der Waals surface area contributed by atoms with E-state index in [1.807, 2.05) is 18.2 Å². The summed E-state index contributed by atoms with van der Waals surface area (Å²) in [7, 11) is 3.26. The smallest absolute Gasteiger partial charge is 0.161 e. The quantitative estimate of drug-likeness (QED) is 0.630. The molecule has 1 unspecified atom stereocenters. The highest BCUT2D eigenvalue weighted by Gasteiger charge is 2.14. The van der Waals surface area contributed by atoms with Gasteiger partial charge in [0.2, 0.25) is 0 Å². The van der Waals surface area contributed by atoms with Gasteiger partial charge in [-0.05, 0) is 46.5 Å². The Morgan fingerprint density at radius 2 is 2.00 bits per heavy atom.